The topological polar surface area (TPSA) is 0 Å². The van der Waals surface area contributed by atoms with E-state index in [-0.39, 0.29) is 24.0 Å². The van der Waals surface area contributed by atoms with Crippen LogP contribution in [0.4, 0.5) is 0 Å². The molecule has 0 saturated heterocycles. The van der Waals surface area contributed by atoms with Gasteiger partial charge in [-0.05, 0) is 0 Å². The second-order valence-electron chi connectivity index (χ2n) is 1.99. The summed E-state index contributed by atoms with van der Waals surface area (Å²) in [5.74, 6) is 0. The Morgan fingerprint density at radius 3 is 1.89 bits per heavy atom. The minimum Gasteiger partial charge on any atom is -0.107 e. The van der Waals surface area contributed by atoms with E-state index in [1.165, 1.54) is 28.0 Å². The largest absolute Gasteiger partial charge is 0.107 e. The van der Waals surface area contributed by atoms with E-state index in [0.717, 1.165) is 0 Å². The Hall–Kier alpha value is 0.573. The zero-order valence-corrected chi connectivity index (χ0v) is 10.7. The number of aryl methyl sites for hydroxylation is 1. The third-order valence-electron chi connectivity index (χ3n) is 1.12. The van der Waals surface area contributed by atoms with E-state index in [9.17, 15) is 0 Å². The number of benzene rings is 1. The van der Waals surface area contributed by atoms with Gasteiger partial charge < -0.3 is 0 Å². The van der Waals surface area contributed by atoms with Crippen molar-refractivity contribution < 1.29 is 18.3 Å². The summed E-state index contributed by atoms with van der Waals surface area (Å²) in [4.78, 5) is 0. The molecule has 0 atom stereocenters. The minimum atomic E-state index is 0. The Morgan fingerprint density at radius 2 is 1.56 bits per heavy atom. The van der Waals surface area contributed by atoms with Gasteiger partial charge in [-0.15, -0.1) is 24.0 Å². The smallest absolute Gasteiger partial charge is 0.107 e. The first-order valence-electron chi connectivity index (χ1n) is 2.67. The van der Waals surface area contributed by atoms with Crippen molar-refractivity contribution in [2.45, 2.75) is 6.92 Å². The van der Waals surface area contributed by atoms with Crippen LogP contribution in [0.2, 0.25) is 0 Å². The van der Waals surface area contributed by atoms with Crippen molar-refractivity contribution in [3.05, 3.63) is 29.8 Å². The Kier molecular flexibility index (Phi) is 4.68. The summed E-state index contributed by atoms with van der Waals surface area (Å²) in [7, 11) is 0. The zero-order chi connectivity index (χ0) is 5.98. The third-order valence-corrected chi connectivity index (χ3v) is 2.11. The quantitative estimate of drug-likeness (QED) is 0.503. The van der Waals surface area contributed by atoms with Crippen molar-refractivity contribution in [1.29, 1.82) is 0 Å². The van der Waals surface area contributed by atoms with E-state index in [0.29, 0.717) is 0 Å². The first kappa shape index (κ1) is 9.57. The maximum absolute atomic E-state index is 2.18. The van der Waals surface area contributed by atoms with Crippen LogP contribution >= 0.6 is 24.0 Å². The fourth-order valence-corrected chi connectivity index (χ4v) is 1.08. The average molecular weight is 284 g/mol. The first-order chi connectivity index (χ1) is 3.79. The molecule has 0 unspecified atom stereocenters. The van der Waals surface area contributed by atoms with Crippen LogP contribution in [0.15, 0.2) is 24.3 Å². The van der Waals surface area contributed by atoms with Gasteiger partial charge >= 0.3 is 59.2 Å². The number of rotatable bonds is 0. The molecule has 1 aromatic carbocycles. The molecule has 1 aromatic rings. The molecule has 0 N–H and O–H groups in total. The third kappa shape index (κ3) is 3.31. The molecule has 0 amide bonds. The van der Waals surface area contributed by atoms with Gasteiger partial charge in [0.15, 0.2) is 0 Å². The van der Waals surface area contributed by atoms with Crippen molar-refractivity contribution in [1.82, 2.24) is 0 Å². The molecule has 0 heterocycles. The van der Waals surface area contributed by atoms with Crippen LogP contribution in [-0.2, 0) is 18.3 Å². The normalized spacial score (nSPS) is 8.33. The maximum Gasteiger partial charge on any atom is -0.107 e. The van der Waals surface area contributed by atoms with Crippen LogP contribution in [0.1, 0.15) is 5.56 Å². The molecule has 45 valence electrons. The van der Waals surface area contributed by atoms with Crippen molar-refractivity contribution in [3.8, 4) is 0 Å². The summed E-state index contributed by atoms with van der Waals surface area (Å²) in [6.07, 6.45) is 0. The summed E-state index contributed by atoms with van der Waals surface area (Å²) in [6, 6.07) is 8.66. The molecule has 1 rings (SSSR count). The van der Waals surface area contributed by atoms with Gasteiger partial charge in [0.25, 0.3) is 0 Å². The summed E-state index contributed by atoms with van der Waals surface area (Å²) < 4.78 is 1.45. The van der Waals surface area contributed by atoms with E-state index in [4.69, 9.17) is 0 Å². The van der Waals surface area contributed by atoms with Gasteiger partial charge in [0.1, 0.15) is 0 Å². The summed E-state index contributed by atoms with van der Waals surface area (Å²) in [5, 5.41) is 0. The summed E-state index contributed by atoms with van der Waals surface area (Å²) in [6.45, 7) is 2.11. The predicted octanol–water partition coefficient (Wildman–Crippen LogP) is 1.79. The monoisotopic (exact) mass is 283 g/mol. The van der Waals surface area contributed by atoms with E-state index in [1.54, 1.807) is 0 Å². The zero-order valence-electron chi connectivity index (χ0n) is 5.42. The molecule has 0 radical (unpaired) electrons. The second kappa shape index (κ2) is 4.40. The van der Waals surface area contributed by atoms with Crippen molar-refractivity contribution in [3.63, 3.8) is 0 Å². The molecule has 0 aliphatic rings. The fourth-order valence-electron chi connectivity index (χ4n) is 0.588. The van der Waals surface area contributed by atoms with Crippen LogP contribution in [0.5, 0.6) is 0 Å². The molecule has 2 heteroatoms. The van der Waals surface area contributed by atoms with Crippen LogP contribution in [0.3, 0.4) is 0 Å². The average Bonchev–Trinajstić information content (AvgIpc) is 1.77. The number of hydrogen-bond donors (Lipinski definition) is 0. The Morgan fingerprint density at radius 1 is 1.11 bits per heavy atom. The molecular weight excluding hydrogens is 276 g/mol. The molecule has 0 aromatic heterocycles. The van der Waals surface area contributed by atoms with Crippen molar-refractivity contribution >= 4 is 28.1 Å². The molecular formula is C7H8IZn. The second-order valence-corrected chi connectivity index (χ2v) is 3.70. The van der Waals surface area contributed by atoms with Gasteiger partial charge in [-0.1, -0.05) is 0 Å². The summed E-state index contributed by atoms with van der Waals surface area (Å²) in [5.41, 5.74) is 1.35. The first-order valence-corrected chi connectivity index (χ1v) is 4.16. The van der Waals surface area contributed by atoms with Gasteiger partial charge in [0, 0.05) is 0 Å². The van der Waals surface area contributed by atoms with Gasteiger partial charge in [0.2, 0.25) is 0 Å². The molecule has 0 bridgehead atoms. The Bertz CT molecular complexity index is 148. The SMILES string of the molecule is Cc1cc[c]([Zn])cc1.I. The molecule has 0 aliphatic carbocycles. The fraction of sp³-hybridized carbons (Fsp3) is 0.143. The molecule has 0 fully saturated rings. The molecule has 0 nitrogen and oxygen atoms in total. The standard InChI is InChI=1S/C7H7.HI.Zn/c1-7-5-3-2-4-6-7;;/h3-6H,1H3;1H;. The molecule has 0 spiro atoms. The van der Waals surface area contributed by atoms with Gasteiger partial charge in [-0.3, -0.25) is 0 Å². The minimum absolute atomic E-state index is 0. The van der Waals surface area contributed by atoms with Gasteiger partial charge in [0.05, 0.1) is 0 Å². The van der Waals surface area contributed by atoms with Crippen LogP contribution in [0, 0.1) is 6.92 Å². The summed E-state index contributed by atoms with van der Waals surface area (Å²) >= 11 is 1.26. The van der Waals surface area contributed by atoms with Crippen LogP contribution in [-0.4, -0.2) is 0 Å². The number of halogens is 1. The Balaban J connectivity index is 0.000000640. The van der Waals surface area contributed by atoms with Gasteiger partial charge in [-0.2, -0.15) is 0 Å². The number of hydrogen-bond acceptors (Lipinski definition) is 0. The van der Waals surface area contributed by atoms with E-state index in [1.807, 2.05) is 0 Å². The maximum atomic E-state index is 2.18. The van der Waals surface area contributed by atoms with Crippen LogP contribution < -0.4 is 4.16 Å². The van der Waals surface area contributed by atoms with Crippen LogP contribution in [0.25, 0.3) is 0 Å². The van der Waals surface area contributed by atoms with E-state index < -0.39 is 0 Å². The molecule has 9 heavy (non-hydrogen) atoms. The van der Waals surface area contributed by atoms with Crippen molar-refractivity contribution in [2.24, 2.45) is 0 Å². The van der Waals surface area contributed by atoms with Crippen molar-refractivity contribution in [2.75, 3.05) is 0 Å². The predicted molar refractivity (Wildman–Crippen MR) is 46.2 cm³/mol. The Labute approximate surface area is 82.7 Å². The van der Waals surface area contributed by atoms with E-state index in [2.05, 4.69) is 31.2 Å². The molecule has 0 aliphatic heterocycles. The molecule has 0 saturated carbocycles. The van der Waals surface area contributed by atoms with E-state index >= 15 is 0 Å². The van der Waals surface area contributed by atoms with Gasteiger partial charge in [-0.25, -0.2) is 0 Å².